The Labute approximate surface area is 104 Å². The van der Waals surface area contributed by atoms with E-state index < -0.39 is 0 Å². The maximum Gasteiger partial charge on any atom is 0.0657 e. The van der Waals surface area contributed by atoms with Crippen LogP contribution in [-0.4, -0.2) is 9.78 Å². The highest BCUT2D eigenvalue weighted by Crippen LogP contribution is 2.37. The van der Waals surface area contributed by atoms with Crippen molar-refractivity contribution >= 4 is 0 Å². The van der Waals surface area contributed by atoms with Gasteiger partial charge < -0.3 is 0 Å². The van der Waals surface area contributed by atoms with E-state index in [1.54, 1.807) is 0 Å². The predicted octanol–water partition coefficient (Wildman–Crippen LogP) is 2.14. The summed E-state index contributed by atoms with van der Waals surface area (Å²) in [6, 6.07) is 2.32. The first-order valence-electron chi connectivity index (χ1n) is 6.70. The van der Waals surface area contributed by atoms with Crippen LogP contribution >= 0.6 is 0 Å². The zero-order chi connectivity index (χ0) is 12.3. The zero-order valence-corrected chi connectivity index (χ0v) is 10.9. The number of rotatable bonds is 4. The van der Waals surface area contributed by atoms with E-state index in [4.69, 9.17) is 5.84 Å². The van der Waals surface area contributed by atoms with Crippen LogP contribution in [0.4, 0.5) is 0 Å². The van der Waals surface area contributed by atoms with E-state index in [1.807, 2.05) is 17.9 Å². The van der Waals surface area contributed by atoms with E-state index in [0.29, 0.717) is 5.92 Å². The molecule has 3 unspecified atom stereocenters. The minimum absolute atomic E-state index is 0.247. The van der Waals surface area contributed by atoms with E-state index in [2.05, 4.69) is 23.5 Å². The van der Waals surface area contributed by atoms with Crippen LogP contribution in [0.2, 0.25) is 0 Å². The highest BCUT2D eigenvalue weighted by atomic mass is 15.3. The Morgan fingerprint density at radius 3 is 3.00 bits per heavy atom. The summed E-state index contributed by atoms with van der Waals surface area (Å²) >= 11 is 0. The summed E-state index contributed by atoms with van der Waals surface area (Å²) in [7, 11) is 1.99. The van der Waals surface area contributed by atoms with E-state index in [1.165, 1.54) is 37.8 Å². The molecule has 1 aromatic heterocycles. The molecule has 0 aromatic carbocycles. The first-order valence-corrected chi connectivity index (χ1v) is 6.70. The van der Waals surface area contributed by atoms with Crippen molar-refractivity contribution < 1.29 is 0 Å². The van der Waals surface area contributed by atoms with Crippen LogP contribution in [0.5, 0.6) is 0 Å². The van der Waals surface area contributed by atoms with Crippen molar-refractivity contribution in [1.82, 2.24) is 15.2 Å². The normalized spacial score (nSPS) is 27.0. The fourth-order valence-corrected chi connectivity index (χ4v) is 3.16. The topological polar surface area (TPSA) is 55.9 Å². The molecule has 1 fully saturated rings. The SMILES string of the molecule is CCC1CCCC(C(NN)c2ccnn2C)C1. The van der Waals surface area contributed by atoms with E-state index >= 15 is 0 Å². The Bertz CT molecular complexity index is 347. The molecule has 1 aromatic rings. The Balaban J connectivity index is 2.10. The van der Waals surface area contributed by atoms with Gasteiger partial charge >= 0.3 is 0 Å². The van der Waals surface area contributed by atoms with E-state index in [-0.39, 0.29) is 6.04 Å². The summed E-state index contributed by atoms with van der Waals surface area (Å²) in [5, 5.41) is 4.24. The number of nitrogens with one attached hydrogen (secondary N) is 1. The van der Waals surface area contributed by atoms with Gasteiger partial charge in [-0.05, 0) is 30.7 Å². The lowest BCUT2D eigenvalue weighted by Crippen LogP contribution is -2.37. The van der Waals surface area contributed by atoms with Gasteiger partial charge in [-0.2, -0.15) is 5.10 Å². The highest BCUT2D eigenvalue weighted by Gasteiger charge is 2.29. The maximum atomic E-state index is 5.76. The zero-order valence-electron chi connectivity index (χ0n) is 10.9. The fourth-order valence-electron chi connectivity index (χ4n) is 3.16. The van der Waals surface area contributed by atoms with Gasteiger partial charge in [0.25, 0.3) is 0 Å². The molecule has 3 atom stereocenters. The minimum Gasteiger partial charge on any atom is -0.271 e. The minimum atomic E-state index is 0.247. The van der Waals surface area contributed by atoms with Gasteiger partial charge in [0, 0.05) is 13.2 Å². The number of hydrogen-bond acceptors (Lipinski definition) is 3. The van der Waals surface area contributed by atoms with Crippen molar-refractivity contribution in [2.45, 2.75) is 45.1 Å². The van der Waals surface area contributed by atoms with Gasteiger partial charge in [0.05, 0.1) is 11.7 Å². The molecule has 0 bridgehead atoms. The van der Waals surface area contributed by atoms with Crippen molar-refractivity contribution in [2.75, 3.05) is 0 Å². The summed E-state index contributed by atoms with van der Waals surface area (Å²) in [4.78, 5) is 0. The van der Waals surface area contributed by atoms with Crippen molar-refractivity contribution in [3.8, 4) is 0 Å². The second-order valence-electron chi connectivity index (χ2n) is 5.22. The third-order valence-corrected chi connectivity index (χ3v) is 4.23. The second kappa shape index (κ2) is 5.65. The summed E-state index contributed by atoms with van der Waals surface area (Å²) < 4.78 is 1.93. The molecule has 0 radical (unpaired) electrons. The molecule has 0 spiro atoms. The molecule has 1 heterocycles. The number of hydrazine groups is 1. The number of hydrogen-bond donors (Lipinski definition) is 2. The number of nitrogens with zero attached hydrogens (tertiary/aromatic N) is 2. The first-order chi connectivity index (χ1) is 8.26. The first kappa shape index (κ1) is 12.6. The predicted molar refractivity (Wildman–Crippen MR) is 69.0 cm³/mol. The summed E-state index contributed by atoms with van der Waals surface area (Å²) in [6.07, 6.45) is 8.42. The third-order valence-electron chi connectivity index (χ3n) is 4.23. The molecule has 1 saturated carbocycles. The summed E-state index contributed by atoms with van der Waals surface area (Å²) in [5.74, 6) is 7.28. The molecule has 17 heavy (non-hydrogen) atoms. The van der Waals surface area contributed by atoms with Gasteiger partial charge in [0.2, 0.25) is 0 Å². The Morgan fingerprint density at radius 1 is 1.59 bits per heavy atom. The lowest BCUT2D eigenvalue weighted by Gasteiger charge is -2.34. The summed E-state index contributed by atoms with van der Waals surface area (Å²) in [6.45, 7) is 2.29. The molecular weight excluding hydrogens is 212 g/mol. The summed E-state index contributed by atoms with van der Waals surface area (Å²) in [5.41, 5.74) is 4.20. The fraction of sp³-hybridized carbons (Fsp3) is 0.769. The van der Waals surface area contributed by atoms with Gasteiger partial charge in [-0.1, -0.05) is 26.2 Å². The van der Waals surface area contributed by atoms with Crippen molar-refractivity contribution in [1.29, 1.82) is 0 Å². The number of aryl methyl sites for hydroxylation is 1. The van der Waals surface area contributed by atoms with Gasteiger partial charge in [-0.25, -0.2) is 0 Å². The maximum absolute atomic E-state index is 5.76. The lowest BCUT2D eigenvalue weighted by atomic mass is 9.76. The van der Waals surface area contributed by atoms with Crippen molar-refractivity contribution in [3.05, 3.63) is 18.0 Å². The largest absolute Gasteiger partial charge is 0.271 e. The average Bonchev–Trinajstić information content (AvgIpc) is 2.77. The number of aromatic nitrogens is 2. The molecule has 0 aliphatic heterocycles. The van der Waals surface area contributed by atoms with Gasteiger partial charge in [0.1, 0.15) is 0 Å². The molecule has 3 N–H and O–H groups in total. The molecule has 1 aliphatic carbocycles. The van der Waals surface area contributed by atoms with E-state index in [9.17, 15) is 0 Å². The van der Waals surface area contributed by atoms with Crippen LogP contribution in [0.15, 0.2) is 12.3 Å². The molecular formula is C13H24N4. The smallest absolute Gasteiger partial charge is 0.0657 e. The molecule has 1 aliphatic rings. The van der Waals surface area contributed by atoms with Gasteiger partial charge in [-0.3, -0.25) is 16.0 Å². The molecule has 96 valence electrons. The molecule has 4 heteroatoms. The highest BCUT2D eigenvalue weighted by molar-refractivity contribution is 5.08. The Hall–Kier alpha value is -0.870. The van der Waals surface area contributed by atoms with E-state index in [0.717, 1.165) is 5.92 Å². The van der Waals surface area contributed by atoms with Crippen molar-refractivity contribution in [3.63, 3.8) is 0 Å². The van der Waals surface area contributed by atoms with Crippen LogP contribution in [0, 0.1) is 11.8 Å². The number of nitrogens with two attached hydrogens (primary N) is 1. The van der Waals surface area contributed by atoms with Crippen LogP contribution in [0.3, 0.4) is 0 Å². The van der Waals surface area contributed by atoms with Crippen LogP contribution < -0.4 is 11.3 Å². The third kappa shape index (κ3) is 2.69. The Kier molecular flexibility index (Phi) is 4.18. The monoisotopic (exact) mass is 236 g/mol. The molecule has 0 amide bonds. The molecule has 0 saturated heterocycles. The standard InChI is InChI=1S/C13H24N4/c1-3-10-5-4-6-11(9-10)13(16-14)12-7-8-15-17(12)2/h7-8,10-11,13,16H,3-6,9,14H2,1-2H3. The van der Waals surface area contributed by atoms with Crippen LogP contribution in [-0.2, 0) is 7.05 Å². The average molecular weight is 236 g/mol. The van der Waals surface area contributed by atoms with Crippen LogP contribution in [0.1, 0.15) is 50.8 Å². The van der Waals surface area contributed by atoms with Crippen molar-refractivity contribution in [2.24, 2.45) is 24.7 Å². The molecule has 2 rings (SSSR count). The lowest BCUT2D eigenvalue weighted by molar-refractivity contribution is 0.205. The van der Waals surface area contributed by atoms with Gasteiger partial charge in [-0.15, -0.1) is 0 Å². The Morgan fingerprint density at radius 2 is 2.41 bits per heavy atom. The van der Waals surface area contributed by atoms with Gasteiger partial charge in [0.15, 0.2) is 0 Å². The second-order valence-corrected chi connectivity index (χ2v) is 5.22. The molecule has 4 nitrogen and oxygen atoms in total. The van der Waals surface area contributed by atoms with Crippen LogP contribution in [0.25, 0.3) is 0 Å². The quantitative estimate of drug-likeness (QED) is 0.622.